The molecule has 0 saturated heterocycles. The fourth-order valence-electron chi connectivity index (χ4n) is 3.18. The summed E-state index contributed by atoms with van der Waals surface area (Å²) in [6, 6.07) is 26.1. The van der Waals surface area contributed by atoms with E-state index in [9.17, 15) is 4.79 Å². The second-order valence-corrected chi connectivity index (χ2v) is 6.26. The number of benzene rings is 3. The maximum Gasteiger partial charge on any atom is 0.147 e. The van der Waals surface area contributed by atoms with Crippen molar-refractivity contribution in [2.45, 2.75) is 12.8 Å². The van der Waals surface area contributed by atoms with Crippen molar-refractivity contribution in [3.8, 4) is 5.75 Å². The molecule has 1 unspecified atom stereocenters. The van der Waals surface area contributed by atoms with Crippen molar-refractivity contribution >= 4 is 12.4 Å². The van der Waals surface area contributed by atoms with Crippen LogP contribution in [0.3, 0.4) is 0 Å². The Kier molecular flexibility index (Phi) is 5.65. The van der Waals surface area contributed by atoms with Gasteiger partial charge in [-0.25, -0.2) is 0 Å². The molecule has 2 nitrogen and oxygen atoms in total. The first-order valence-electron chi connectivity index (χ1n) is 8.64. The van der Waals surface area contributed by atoms with Crippen LogP contribution in [0.4, 0.5) is 0 Å². The molecule has 0 heterocycles. The molecule has 26 heavy (non-hydrogen) atoms. The van der Waals surface area contributed by atoms with E-state index in [-0.39, 0.29) is 5.92 Å². The Bertz CT molecular complexity index is 896. The number of hydrogen-bond donors (Lipinski definition) is 0. The van der Waals surface area contributed by atoms with Gasteiger partial charge in [0.25, 0.3) is 0 Å². The summed E-state index contributed by atoms with van der Waals surface area (Å²) in [5.41, 5.74) is 4.87. The van der Waals surface area contributed by atoms with Gasteiger partial charge in [-0.15, -0.1) is 0 Å². The molecule has 0 aliphatic carbocycles. The van der Waals surface area contributed by atoms with Crippen molar-refractivity contribution in [2.75, 3.05) is 7.11 Å². The second kappa shape index (κ2) is 8.30. The molecular weight excluding hydrogens is 320 g/mol. The zero-order valence-corrected chi connectivity index (χ0v) is 15.1. The fourth-order valence-corrected chi connectivity index (χ4v) is 3.18. The number of ether oxygens (including phenoxy) is 1. The Morgan fingerprint density at radius 3 is 2.19 bits per heavy atom. The van der Waals surface area contributed by atoms with Crippen LogP contribution in [0.2, 0.25) is 0 Å². The van der Waals surface area contributed by atoms with Gasteiger partial charge >= 0.3 is 0 Å². The van der Waals surface area contributed by atoms with Crippen LogP contribution < -0.4 is 4.74 Å². The van der Waals surface area contributed by atoms with Crippen LogP contribution in [-0.4, -0.2) is 13.4 Å². The summed E-state index contributed by atoms with van der Waals surface area (Å²) in [5.74, 6) is 0.601. The lowest BCUT2D eigenvalue weighted by Gasteiger charge is -2.21. The minimum absolute atomic E-state index is 0.190. The van der Waals surface area contributed by atoms with Gasteiger partial charge in [0, 0.05) is 17.1 Å². The molecule has 0 amide bonds. The molecular formula is C24H22O2. The van der Waals surface area contributed by atoms with Crippen LogP contribution in [0.15, 0.2) is 84.4 Å². The molecule has 0 aliphatic rings. The summed E-state index contributed by atoms with van der Waals surface area (Å²) in [7, 11) is 1.67. The van der Waals surface area contributed by atoms with Crippen LogP contribution in [0.5, 0.6) is 5.75 Å². The highest BCUT2D eigenvalue weighted by Crippen LogP contribution is 2.37. The number of aryl methyl sites for hydroxylation is 1. The Morgan fingerprint density at radius 1 is 0.923 bits per heavy atom. The van der Waals surface area contributed by atoms with Crippen LogP contribution in [0.1, 0.15) is 28.2 Å². The van der Waals surface area contributed by atoms with Crippen LogP contribution >= 0.6 is 0 Å². The zero-order chi connectivity index (χ0) is 18.4. The fraction of sp³-hybridized carbons (Fsp3) is 0.125. The first-order chi connectivity index (χ1) is 12.7. The van der Waals surface area contributed by atoms with E-state index in [4.69, 9.17) is 4.74 Å². The van der Waals surface area contributed by atoms with Crippen molar-refractivity contribution in [2.24, 2.45) is 0 Å². The second-order valence-electron chi connectivity index (χ2n) is 6.26. The predicted octanol–water partition coefficient (Wildman–Crippen LogP) is 5.42. The van der Waals surface area contributed by atoms with Crippen molar-refractivity contribution < 1.29 is 9.53 Å². The number of methoxy groups -OCH3 is 1. The van der Waals surface area contributed by atoms with E-state index in [0.29, 0.717) is 5.57 Å². The third-order valence-corrected chi connectivity index (χ3v) is 4.44. The SMILES string of the molecule is COc1cc(C)ccc1C(C(C=O)=Cc1ccccc1)c1ccccc1. The van der Waals surface area contributed by atoms with Crippen LogP contribution in [0.25, 0.3) is 6.08 Å². The summed E-state index contributed by atoms with van der Waals surface area (Å²) in [6.07, 6.45) is 2.90. The van der Waals surface area contributed by atoms with Gasteiger partial charge in [0.2, 0.25) is 0 Å². The molecule has 0 spiro atoms. The van der Waals surface area contributed by atoms with E-state index < -0.39 is 0 Å². The summed E-state index contributed by atoms with van der Waals surface area (Å²) in [6.45, 7) is 2.03. The molecule has 3 rings (SSSR count). The molecule has 0 bridgehead atoms. The van der Waals surface area contributed by atoms with Gasteiger partial charge < -0.3 is 4.74 Å². The monoisotopic (exact) mass is 342 g/mol. The van der Waals surface area contributed by atoms with Gasteiger partial charge in [-0.05, 0) is 35.8 Å². The van der Waals surface area contributed by atoms with Gasteiger partial charge in [-0.3, -0.25) is 4.79 Å². The Labute approximate surface area is 154 Å². The van der Waals surface area contributed by atoms with Gasteiger partial charge in [0.05, 0.1) is 7.11 Å². The number of carbonyl (C=O) groups excluding carboxylic acids is 1. The average molecular weight is 342 g/mol. The standard InChI is InChI=1S/C24H22O2/c1-18-13-14-22(23(15-18)26-2)24(20-11-7-4-8-12-20)21(17-25)16-19-9-5-3-6-10-19/h3-17,24H,1-2H3. The van der Waals surface area contributed by atoms with Gasteiger partial charge in [-0.1, -0.05) is 72.8 Å². The molecule has 1 atom stereocenters. The quantitative estimate of drug-likeness (QED) is 0.442. The van der Waals surface area contributed by atoms with E-state index in [1.165, 1.54) is 0 Å². The van der Waals surface area contributed by atoms with Crippen molar-refractivity contribution in [3.63, 3.8) is 0 Å². The molecule has 0 N–H and O–H groups in total. The number of rotatable bonds is 6. The largest absolute Gasteiger partial charge is 0.496 e. The molecule has 3 aromatic carbocycles. The summed E-state index contributed by atoms with van der Waals surface area (Å²) >= 11 is 0. The minimum atomic E-state index is -0.190. The van der Waals surface area contributed by atoms with E-state index in [2.05, 4.69) is 6.07 Å². The van der Waals surface area contributed by atoms with E-state index in [1.807, 2.05) is 85.8 Å². The van der Waals surface area contributed by atoms with E-state index >= 15 is 0 Å². The lowest BCUT2D eigenvalue weighted by atomic mass is 9.83. The summed E-state index contributed by atoms with van der Waals surface area (Å²) in [4.78, 5) is 12.1. The van der Waals surface area contributed by atoms with Gasteiger partial charge in [0.1, 0.15) is 12.0 Å². The normalized spacial score (nSPS) is 12.5. The first kappa shape index (κ1) is 17.7. The predicted molar refractivity (Wildman–Crippen MR) is 106 cm³/mol. The number of hydrogen-bond acceptors (Lipinski definition) is 2. The van der Waals surface area contributed by atoms with Crippen LogP contribution in [-0.2, 0) is 4.79 Å². The van der Waals surface area contributed by atoms with Crippen molar-refractivity contribution in [3.05, 3.63) is 107 Å². The maximum atomic E-state index is 12.1. The first-order valence-corrected chi connectivity index (χ1v) is 8.64. The highest BCUT2D eigenvalue weighted by atomic mass is 16.5. The molecule has 130 valence electrons. The number of allylic oxidation sites excluding steroid dienone is 1. The Balaban J connectivity index is 2.19. The highest BCUT2D eigenvalue weighted by Gasteiger charge is 2.22. The van der Waals surface area contributed by atoms with Gasteiger partial charge in [0.15, 0.2) is 0 Å². The lowest BCUT2D eigenvalue weighted by molar-refractivity contribution is -0.105. The van der Waals surface area contributed by atoms with E-state index in [1.54, 1.807) is 7.11 Å². The molecule has 0 aliphatic heterocycles. The maximum absolute atomic E-state index is 12.1. The average Bonchev–Trinajstić information content (AvgIpc) is 2.70. The van der Waals surface area contributed by atoms with Crippen molar-refractivity contribution in [1.29, 1.82) is 0 Å². The van der Waals surface area contributed by atoms with Gasteiger partial charge in [-0.2, -0.15) is 0 Å². The molecule has 2 heteroatoms. The number of aldehydes is 1. The topological polar surface area (TPSA) is 26.3 Å². The smallest absolute Gasteiger partial charge is 0.147 e. The molecule has 0 fully saturated rings. The zero-order valence-electron chi connectivity index (χ0n) is 15.1. The lowest BCUT2D eigenvalue weighted by Crippen LogP contribution is -2.08. The summed E-state index contributed by atoms with van der Waals surface area (Å²) < 4.78 is 5.63. The Morgan fingerprint density at radius 2 is 1.58 bits per heavy atom. The summed E-state index contributed by atoms with van der Waals surface area (Å²) in [5, 5.41) is 0. The van der Waals surface area contributed by atoms with Crippen LogP contribution in [0, 0.1) is 6.92 Å². The third-order valence-electron chi connectivity index (χ3n) is 4.44. The molecule has 3 aromatic rings. The minimum Gasteiger partial charge on any atom is -0.496 e. The number of carbonyl (C=O) groups is 1. The third kappa shape index (κ3) is 3.92. The molecule has 0 saturated carbocycles. The molecule has 0 aromatic heterocycles. The van der Waals surface area contributed by atoms with E-state index in [0.717, 1.165) is 34.3 Å². The molecule has 0 radical (unpaired) electrons. The van der Waals surface area contributed by atoms with Crippen molar-refractivity contribution in [1.82, 2.24) is 0 Å². The highest BCUT2D eigenvalue weighted by molar-refractivity contribution is 5.85. The Hall–Kier alpha value is -3.13.